The van der Waals surface area contributed by atoms with Crippen LogP contribution >= 0.6 is 0 Å². The van der Waals surface area contributed by atoms with Gasteiger partial charge < -0.3 is 9.32 Å². The van der Waals surface area contributed by atoms with Crippen molar-refractivity contribution in [1.29, 1.82) is 0 Å². The minimum Gasteiger partial charge on any atom is -0.472 e. The lowest BCUT2D eigenvalue weighted by Gasteiger charge is -2.40. The number of rotatable bonds is 4. The van der Waals surface area contributed by atoms with Crippen molar-refractivity contribution in [3.05, 3.63) is 54.0 Å². The predicted molar refractivity (Wildman–Crippen MR) is 117 cm³/mol. The fourth-order valence-corrected chi connectivity index (χ4v) is 5.18. The first kappa shape index (κ1) is 19.6. The van der Waals surface area contributed by atoms with Crippen molar-refractivity contribution >= 4 is 5.69 Å². The van der Waals surface area contributed by atoms with Crippen LogP contribution in [0.1, 0.15) is 63.5 Å². The molecule has 0 bridgehead atoms. The van der Waals surface area contributed by atoms with Crippen molar-refractivity contribution in [2.75, 3.05) is 31.1 Å². The third-order valence-corrected chi connectivity index (χ3v) is 7.03. The van der Waals surface area contributed by atoms with Gasteiger partial charge in [0.05, 0.1) is 12.5 Å². The van der Waals surface area contributed by atoms with Crippen LogP contribution in [0.4, 0.5) is 5.69 Å². The van der Waals surface area contributed by atoms with Gasteiger partial charge in [-0.3, -0.25) is 4.90 Å². The smallest absolute Gasteiger partial charge is 0.0947 e. The fourth-order valence-electron chi connectivity index (χ4n) is 5.18. The highest BCUT2D eigenvalue weighted by molar-refractivity contribution is 5.55. The first-order chi connectivity index (χ1) is 13.5. The number of para-hydroxylation sites is 1. The molecule has 3 heteroatoms. The molecular formula is C25H36N2O. The van der Waals surface area contributed by atoms with Crippen LogP contribution in [0.25, 0.3) is 0 Å². The van der Waals surface area contributed by atoms with Gasteiger partial charge in [0.2, 0.25) is 0 Å². The Labute approximate surface area is 170 Å². The largest absolute Gasteiger partial charge is 0.472 e. The highest BCUT2D eigenvalue weighted by Gasteiger charge is 2.31. The summed E-state index contributed by atoms with van der Waals surface area (Å²) in [5.41, 5.74) is 4.82. The summed E-state index contributed by atoms with van der Waals surface area (Å²) in [6, 6.07) is 11.3. The maximum Gasteiger partial charge on any atom is 0.0947 e. The molecule has 1 saturated carbocycles. The van der Waals surface area contributed by atoms with Gasteiger partial charge in [0.1, 0.15) is 0 Å². The van der Waals surface area contributed by atoms with Gasteiger partial charge in [-0.1, -0.05) is 39.0 Å². The van der Waals surface area contributed by atoms with Crippen molar-refractivity contribution < 1.29 is 4.42 Å². The zero-order valence-electron chi connectivity index (χ0n) is 17.9. The number of benzene rings is 1. The van der Waals surface area contributed by atoms with Crippen LogP contribution in [0.3, 0.4) is 0 Å². The van der Waals surface area contributed by atoms with Crippen molar-refractivity contribution in [2.45, 2.75) is 58.9 Å². The Hall–Kier alpha value is -1.74. The van der Waals surface area contributed by atoms with Crippen LogP contribution < -0.4 is 4.90 Å². The van der Waals surface area contributed by atoms with E-state index in [0.717, 1.165) is 44.6 Å². The van der Waals surface area contributed by atoms with Crippen molar-refractivity contribution in [1.82, 2.24) is 4.90 Å². The van der Waals surface area contributed by atoms with Gasteiger partial charge in [0, 0.05) is 44.0 Å². The van der Waals surface area contributed by atoms with Gasteiger partial charge in [0.15, 0.2) is 0 Å². The van der Waals surface area contributed by atoms with E-state index in [2.05, 4.69) is 60.9 Å². The summed E-state index contributed by atoms with van der Waals surface area (Å²) in [7, 11) is 0. The van der Waals surface area contributed by atoms with E-state index in [1.165, 1.54) is 36.9 Å². The summed E-state index contributed by atoms with van der Waals surface area (Å²) < 4.78 is 5.22. The van der Waals surface area contributed by atoms with Gasteiger partial charge in [-0.05, 0) is 60.6 Å². The van der Waals surface area contributed by atoms with E-state index < -0.39 is 0 Å². The molecule has 0 spiro atoms. The highest BCUT2D eigenvalue weighted by atomic mass is 16.3. The van der Waals surface area contributed by atoms with Gasteiger partial charge in [0.25, 0.3) is 0 Å². The minimum atomic E-state index is 0.454. The van der Waals surface area contributed by atoms with E-state index >= 15 is 0 Å². The monoisotopic (exact) mass is 380 g/mol. The summed E-state index contributed by atoms with van der Waals surface area (Å²) >= 11 is 0. The van der Waals surface area contributed by atoms with Crippen LogP contribution in [-0.2, 0) is 6.54 Å². The molecule has 1 aromatic carbocycles. The molecule has 2 heterocycles. The maximum atomic E-state index is 5.22. The molecule has 0 atom stereocenters. The molecular weight excluding hydrogens is 344 g/mol. The molecule has 2 fully saturated rings. The number of furan rings is 1. The average Bonchev–Trinajstić information content (AvgIpc) is 3.21. The second kappa shape index (κ2) is 8.32. The molecule has 28 heavy (non-hydrogen) atoms. The number of nitrogens with zero attached hydrogens (tertiary/aromatic N) is 2. The quantitative estimate of drug-likeness (QED) is 0.656. The van der Waals surface area contributed by atoms with Crippen molar-refractivity contribution in [3.8, 4) is 0 Å². The maximum absolute atomic E-state index is 5.22. The lowest BCUT2D eigenvalue weighted by Crippen LogP contribution is -2.46. The Morgan fingerprint density at radius 2 is 1.64 bits per heavy atom. The Balaban J connectivity index is 1.39. The molecule has 2 aromatic rings. The van der Waals surface area contributed by atoms with Gasteiger partial charge in [-0.25, -0.2) is 0 Å². The van der Waals surface area contributed by atoms with Crippen LogP contribution in [0.5, 0.6) is 0 Å². The summed E-state index contributed by atoms with van der Waals surface area (Å²) in [4.78, 5) is 5.16. The second-order valence-electron chi connectivity index (χ2n) is 9.87. The Morgan fingerprint density at radius 3 is 2.29 bits per heavy atom. The molecule has 0 amide bonds. The summed E-state index contributed by atoms with van der Waals surface area (Å²) in [5.74, 6) is 1.61. The molecule has 0 N–H and O–H groups in total. The Morgan fingerprint density at radius 1 is 0.929 bits per heavy atom. The van der Waals surface area contributed by atoms with E-state index in [1.54, 1.807) is 11.8 Å². The van der Waals surface area contributed by atoms with Crippen molar-refractivity contribution in [2.24, 2.45) is 11.3 Å². The lowest BCUT2D eigenvalue weighted by molar-refractivity contribution is 0.169. The van der Waals surface area contributed by atoms with E-state index in [-0.39, 0.29) is 0 Å². The molecule has 1 aromatic heterocycles. The normalized spacial score (nSPS) is 24.5. The number of hydrogen-bond donors (Lipinski definition) is 0. The standard InChI is InChI=1S/C25H36N2O/c1-25(2,3)22-10-8-21(9-11-22)23-6-4-5-7-24(23)27-15-13-26(14-16-27)18-20-12-17-28-19-20/h4-7,12,17,19,21-22H,8-11,13-16,18H2,1-3H3. The number of piperazine rings is 1. The summed E-state index contributed by atoms with van der Waals surface area (Å²) in [5, 5.41) is 0. The van der Waals surface area contributed by atoms with Gasteiger partial charge in [-0.15, -0.1) is 0 Å². The zero-order valence-corrected chi connectivity index (χ0v) is 17.9. The third-order valence-electron chi connectivity index (χ3n) is 7.03. The first-order valence-electron chi connectivity index (χ1n) is 11.1. The van der Waals surface area contributed by atoms with E-state index in [1.807, 2.05) is 6.26 Å². The lowest BCUT2D eigenvalue weighted by atomic mass is 9.68. The molecule has 0 unspecified atom stereocenters. The summed E-state index contributed by atoms with van der Waals surface area (Å²) in [6.45, 7) is 12.7. The molecule has 1 aliphatic heterocycles. The third kappa shape index (κ3) is 4.46. The molecule has 3 nitrogen and oxygen atoms in total. The van der Waals surface area contributed by atoms with Crippen LogP contribution in [-0.4, -0.2) is 31.1 Å². The highest BCUT2D eigenvalue weighted by Crippen LogP contribution is 2.45. The molecule has 1 aliphatic carbocycles. The molecule has 2 aliphatic rings. The fraction of sp³-hybridized carbons (Fsp3) is 0.600. The number of hydrogen-bond acceptors (Lipinski definition) is 3. The van der Waals surface area contributed by atoms with E-state index in [0.29, 0.717) is 5.41 Å². The average molecular weight is 381 g/mol. The summed E-state index contributed by atoms with van der Waals surface area (Å²) in [6.07, 6.45) is 9.09. The van der Waals surface area contributed by atoms with Gasteiger partial charge >= 0.3 is 0 Å². The van der Waals surface area contributed by atoms with Crippen LogP contribution in [0, 0.1) is 11.3 Å². The predicted octanol–water partition coefficient (Wildman–Crippen LogP) is 5.92. The zero-order chi connectivity index (χ0) is 19.6. The van der Waals surface area contributed by atoms with Crippen LogP contribution in [0.2, 0.25) is 0 Å². The van der Waals surface area contributed by atoms with E-state index in [9.17, 15) is 0 Å². The molecule has 1 saturated heterocycles. The topological polar surface area (TPSA) is 19.6 Å². The second-order valence-corrected chi connectivity index (χ2v) is 9.87. The first-order valence-corrected chi connectivity index (χ1v) is 11.1. The number of anilines is 1. The van der Waals surface area contributed by atoms with E-state index in [4.69, 9.17) is 4.42 Å². The molecule has 0 radical (unpaired) electrons. The Kier molecular flexibility index (Phi) is 5.82. The molecule has 152 valence electrons. The molecule has 4 rings (SSSR count). The Bertz CT molecular complexity index is 730. The SMILES string of the molecule is CC(C)(C)C1CCC(c2ccccc2N2CCN(Cc3ccoc3)CC2)CC1. The van der Waals surface area contributed by atoms with Gasteiger partial charge in [-0.2, -0.15) is 0 Å². The van der Waals surface area contributed by atoms with Crippen molar-refractivity contribution in [3.63, 3.8) is 0 Å². The van der Waals surface area contributed by atoms with Crippen LogP contribution in [0.15, 0.2) is 47.3 Å². The minimum absolute atomic E-state index is 0.454.